The lowest BCUT2D eigenvalue weighted by atomic mass is 9.81. The van der Waals surface area contributed by atoms with E-state index in [1.165, 1.54) is 32.2 Å². The Morgan fingerprint density at radius 1 is 1.27 bits per heavy atom. The van der Waals surface area contributed by atoms with E-state index in [0.29, 0.717) is 5.41 Å². The molecule has 1 saturated carbocycles. The summed E-state index contributed by atoms with van der Waals surface area (Å²) in [6, 6.07) is 0.817. The van der Waals surface area contributed by atoms with Gasteiger partial charge in [0.25, 0.3) is 0 Å². The summed E-state index contributed by atoms with van der Waals surface area (Å²) in [6.07, 6.45) is 6.49. The number of rotatable bonds is 7. The van der Waals surface area contributed by atoms with Crippen LogP contribution in [0.5, 0.6) is 0 Å². The fourth-order valence-electron chi connectivity index (χ4n) is 2.46. The lowest BCUT2D eigenvalue weighted by Crippen LogP contribution is -2.40. The fourth-order valence-corrected chi connectivity index (χ4v) is 2.46. The molecule has 1 fully saturated rings. The molecule has 3 N–H and O–H groups in total. The summed E-state index contributed by atoms with van der Waals surface area (Å²) >= 11 is 0. The Balaban J connectivity index is 1.96. The molecule has 0 atom stereocenters. The molecule has 90 valence electrons. The van der Waals surface area contributed by atoms with E-state index in [2.05, 4.69) is 26.1 Å². The standard InChI is InChI=1S/C13H28N2/c1-11-9-12(10-11)15-8-4-5-13(2,3)6-7-14/h11-12,15H,4-10,14H2,1-3H3. The van der Waals surface area contributed by atoms with Crippen LogP contribution in [0, 0.1) is 11.3 Å². The van der Waals surface area contributed by atoms with Crippen LogP contribution < -0.4 is 11.1 Å². The molecule has 0 aromatic carbocycles. The Morgan fingerprint density at radius 3 is 2.47 bits per heavy atom. The summed E-state index contributed by atoms with van der Waals surface area (Å²) < 4.78 is 0. The van der Waals surface area contributed by atoms with Crippen molar-refractivity contribution in [2.45, 2.75) is 58.9 Å². The third-order valence-corrected chi connectivity index (χ3v) is 3.66. The maximum absolute atomic E-state index is 5.60. The summed E-state index contributed by atoms with van der Waals surface area (Å²) in [6.45, 7) is 8.99. The van der Waals surface area contributed by atoms with Crippen LogP contribution in [0.15, 0.2) is 0 Å². The molecule has 0 saturated heterocycles. The van der Waals surface area contributed by atoms with Crippen LogP contribution in [0.1, 0.15) is 52.9 Å². The molecule has 0 radical (unpaired) electrons. The molecule has 0 bridgehead atoms. The van der Waals surface area contributed by atoms with Gasteiger partial charge in [0.1, 0.15) is 0 Å². The highest BCUT2D eigenvalue weighted by molar-refractivity contribution is 4.82. The fraction of sp³-hybridized carbons (Fsp3) is 1.00. The maximum Gasteiger partial charge on any atom is 0.00721 e. The summed E-state index contributed by atoms with van der Waals surface area (Å²) in [7, 11) is 0. The molecule has 2 heteroatoms. The van der Waals surface area contributed by atoms with Gasteiger partial charge in [-0.15, -0.1) is 0 Å². The second-order valence-electron chi connectivity index (χ2n) is 6.03. The number of nitrogens with two attached hydrogens (primary N) is 1. The zero-order chi connectivity index (χ0) is 11.3. The van der Waals surface area contributed by atoms with Gasteiger partial charge in [0.15, 0.2) is 0 Å². The van der Waals surface area contributed by atoms with E-state index in [4.69, 9.17) is 5.73 Å². The lowest BCUT2D eigenvalue weighted by molar-refractivity contribution is 0.233. The third-order valence-electron chi connectivity index (χ3n) is 3.66. The van der Waals surface area contributed by atoms with Gasteiger partial charge in [-0.05, 0) is 56.5 Å². The van der Waals surface area contributed by atoms with Crippen molar-refractivity contribution in [1.82, 2.24) is 5.32 Å². The maximum atomic E-state index is 5.60. The second kappa shape index (κ2) is 5.86. The van der Waals surface area contributed by atoms with E-state index < -0.39 is 0 Å². The Kier molecular flexibility index (Phi) is 5.07. The number of hydrogen-bond acceptors (Lipinski definition) is 2. The highest BCUT2D eigenvalue weighted by Crippen LogP contribution is 2.27. The summed E-state index contributed by atoms with van der Waals surface area (Å²) in [5, 5.41) is 3.63. The molecule has 0 aromatic rings. The molecule has 1 aliphatic carbocycles. The zero-order valence-electron chi connectivity index (χ0n) is 10.7. The molecule has 0 spiro atoms. The van der Waals surface area contributed by atoms with E-state index in [1.807, 2.05) is 0 Å². The highest BCUT2D eigenvalue weighted by atomic mass is 14.9. The van der Waals surface area contributed by atoms with Crippen molar-refractivity contribution in [2.75, 3.05) is 13.1 Å². The van der Waals surface area contributed by atoms with E-state index in [9.17, 15) is 0 Å². The predicted octanol–water partition coefficient (Wildman–Crippen LogP) is 2.53. The molecular weight excluding hydrogens is 184 g/mol. The quantitative estimate of drug-likeness (QED) is 0.636. The summed E-state index contributed by atoms with van der Waals surface area (Å²) in [4.78, 5) is 0. The van der Waals surface area contributed by atoms with Gasteiger partial charge in [-0.1, -0.05) is 20.8 Å². The van der Waals surface area contributed by atoms with Crippen molar-refractivity contribution in [3.8, 4) is 0 Å². The van der Waals surface area contributed by atoms with Gasteiger partial charge in [0.2, 0.25) is 0 Å². The molecule has 15 heavy (non-hydrogen) atoms. The first-order valence-electron chi connectivity index (χ1n) is 6.47. The second-order valence-corrected chi connectivity index (χ2v) is 6.03. The van der Waals surface area contributed by atoms with Crippen LogP contribution >= 0.6 is 0 Å². The smallest absolute Gasteiger partial charge is 0.00721 e. The van der Waals surface area contributed by atoms with Gasteiger partial charge in [-0.3, -0.25) is 0 Å². The van der Waals surface area contributed by atoms with Crippen LogP contribution in [0.4, 0.5) is 0 Å². The molecule has 0 amide bonds. The first-order chi connectivity index (χ1) is 7.03. The van der Waals surface area contributed by atoms with Crippen LogP contribution in [0.3, 0.4) is 0 Å². The van der Waals surface area contributed by atoms with Crippen LogP contribution in [0.2, 0.25) is 0 Å². The van der Waals surface area contributed by atoms with E-state index in [-0.39, 0.29) is 0 Å². The predicted molar refractivity (Wildman–Crippen MR) is 66.9 cm³/mol. The van der Waals surface area contributed by atoms with E-state index in [0.717, 1.165) is 24.9 Å². The minimum atomic E-state index is 0.434. The average molecular weight is 212 g/mol. The first-order valence-corrected chi connectivity index (χ1v) is 6.47. The summed E-state index contributed by atoms with van der Waals surface area (Å²) in [5.74, 6) is 0.955. The topological polar surface area (TPSA) is 38.0 Å². The number of hydrogen-bond donors (Lipinski definition) is 2. The van der Waals surface area contributed by atoms with Gasteiger partial charge in [0.05, 0.1) is 0 Å². The minimum Gasteiger partial charge on any atom is -0.330 e. The van der Waals surface area contributed by atoms with E-state index >= 15 is 0 Å². The SMILES string of the molecule is CC1CC(NCCCC(C)(C)CCN)C1. The lowest BCUT2D eigenvalue weighted by Gasteiger charge is -2.34. The zero-order valence-corrected chi connectivity index (χ0v) is 10.7. The Morgan fingerprint density at radius 2 is 1.93 bits per heavy atom. The van der Waals surface area contributed by atoms with Crippen LogP contribution in [-0.2, 0) is 0 Å². The Labute approximate surface area is 95.0 Å². The monoisotopic (exact) mass is 212 g/mol. The molecule has 0 unspecified atom stereocenters. The van der Waals surface area contributed by atoms with Crippen LogP contribution in [0.25, 0.3) is 0 Å². The first kappa shape index (κ1) is 13.0. The van der Waals surface area contributed by atoms with Crippen molar-refractivity contribution < 1.29 is 0 Å². The van der Waals surface area contributed by atoms with Crippen molar-refractivity contribution >= 4 is 0 Å². The summed E-state index contributed by atoms with van der Waals surface area (Å²) in [5.41, 5.74) is 6.03. The van der Waals surface area contributed by atoms with Crippen molar-refractivity contribution in [3.63, 3.8) is 0 Å². The molecule has 1 rings (SSSR count). The van der Waals surface area contributed by atoms with Gasteiger partial charge in [-0.2, -0.15) is 0 Å². The molecule has 0 heterocycles. The molecule has 0 aromatic heterocycles. The van der Waals surface area contributed by atoms with Gasteiger partial charge < -0.3 is 11.1 Å². The van der Waals surface area contributed by atoms with Crippen molar-refractivity contribution in [3.05, 3.63) is 0 Å². The normalized spacial score (nSPS) is 26.4. The van der Waals surface area contributed by atoms with Gasteiger partial charge >= 0.3 is 0 Å². The Bertz CT molecular complexity index is 171. The highest BCUT2D eigenvalue weighted by Gasteiger charge is 2.24. The largest absolute Gasteiger partial charge is 0.330 e. The Hall–Kier alpha value is -0.0800. The van der Waals surface area contributed by atoms with Gasteiger partial charge in [-0.25, -0.2) is 0 Å². The van der Waals surface area contributed by atoms with Crippen LogP contribution in [-0.4, -0.2) is 19.1 Å². The van der Waals surface area contributed by atoms with Crippen molar-refractivity contribution in [2.24, 2.45) is 17.1 Å². The molecule has 1 aliphatic rings. The molecule has 0 aliphatic heterocycles. The average Bonchev–Trinajstić information content (AvgIpc) is 2.08. The molecular formula is C13H28N2. The van der Waals surface area contributed by atoms with Gasteiger partial charge in [0, 0.05) is 6.04 Å². The van der Waals surface area contributed by atoms with Crippen molar-refractivity contribution in [1.29, 1.82) is 0 Å². The third kappa shape index (κ3) is 4.98. The van der Waals surface area contributed by atoms with E-state index in [1.54, 1.807) is 0 Å². The molecule has 2 nitrogen and oxygen atoms in total. The number of nitrogens with one attached hydrogen (secondary N) is 1. The minimum absolute atomic E-state index is 0.434.